The summed E-state index contributed by atoms with van der Waals surface area (Å²) in [5, 5.41) is 0. The maximum atomic E-state index is 13.0. The van der Waals surface area contributed by atoms with E-state index in [1.165, 1.54) is 186 Å². The zero-order chi connectivity index (χ0) is 57.1. The molecule has 0 aliphatic carbocycles. The summed E-state index contributed by atoms with van der Waals surface area (Å²) in [5.41, 5.74) is 0. The molecule has 6 nitrogen and oxygen atoms in total. The van der Waals surface area contributed by atoms with E-state index in [-0.39, 0.29) is 31.1 Å². The fraction of sp³-hybridized carbons (Fsp3) is 0.740. The number of rotatable bonds is 61. The Morgan fingerprint density at radius 2 is 0.494 bits per heavy atom. The smallest absolute Gasteiger partial charge is 0.306 e. The molecule has 0 saturated heterocycles. The van der Waals surface area contributed by atoms with E-state index in [1.807, 2.05) is 0 Å². The molecule has 0 bridgehead atoms. The lowest BCUT2D eigenvalue weighted by atomic mass is 10.1. The second-order valence-electron chi connectivity index (χ2n) is 22.3. The number of esters is 3. The molecule has 0 aromatic rings. The van der Waals surface area contributed by atoms with E-state index in [2.05, 4.69) is 118 Å². The highest BCUT2D eigenvalue weighted by Crippen LogP contribution is 2.16. The van der Waals surface area contributed by atoms with E-state index < -0.39 is 6.10 Å². The molecule has 0 aromatic heterocycles. The van der Waals surface area contributed by atoms with E-state index in [0.29, 0.717) is 19.3 Å². The van der Waals surface area contributed by atoms with Gasteiger partial charge in [0, 0.05) is 19.3 Å². The molecule has 0 aliphatic heterocycles. The van der Waals surface area contributed by atoms with Crippen molar-refractivity contribution in [2.75, 3.05) is 13.2 Å². The highest BCUT2D eigenvalue weighted by Gasteiger charge is 2.19. The summed E-state index contributed by atoms with van der Waals surface area (Å²) in [6, 6.07) is 0. The predicted octanol–water partition coefficient (Wildman–Crippen LogP) is 23.2. The third-order valence-corrected chi connectivity index (χ3v) is 14.5. The first-order valence-corrected chi connectivity index (χ1v) is 33.7. The highest BCUT2D eigenvalue weighted by atomic mass is 16.6. The molecule has 1 atom stereocenters. The number of allylic oxidation sites excluding steroid dienone is 16. The maximum absolute atomic E-state index is 13.0. The standard InChI is InChI=1S/C73H126O6/c1-4-7-10-13-16-19-22-25-28-31-33-35-36-38-39-42-45-48-51-54-57-60-63-66-72(75)78-69-70(68-77-71(74)65-62-59-56-53-50-47-44-41-30-27-24-21-18-15-12-9-6-3)79-73(76)67-64-61-58-55-52-49-46-43-40-37-34-32-29-26-23-20-17-14-11-8-5-2/h7,10,16,18-19,21,23,25-28,30,32-35,70H,4-6,8-9,11-15,17,20,22,24,29,31,36-69H2,1-3H3/b10-7-,19-16-,21-18-,26-23-,28-25-,30-27-,34-32-,35-33-. The summed E-state index contributed by atoms with van der Waals surface area (Å²) in [7, 11) is 0. The van der Waals surface area contributed by atoms with Crippen LogP contribution in [0.15, 0.2) is 97.2 Å². The average Bonchev–Trinajstić information content (AvgIpc) is 3.45. The Morgan fingerprint density at radius 3 is 0.797 bits per heavy atom. The largest absolute Gasteiger partial charge is 0.462 e. The minimum atomic E-state index is -0.788. The van der Waals surface area contributed by atoms with Gasteiger partial charge in [-0.25, -0.2) is 0 Å². The van der Waals surface area contributed by atoms with Crippen LogP contribution in [0, 0.1) is 0 Å². The van der Waals surface area contributed by atoms with Crippen LogP contribution in [0.5, 0.6) is 0 Å². The van der Waals surface area contributed by atoms with Crippen LogP contribution in [-0.2, 0) is 28.6 Å². The van der Waals surface area contributed by atoms with Crippen LogP contribution >= 0.6 is 0 Å². The Labute approximate surface area is 489 Å². The van der Waals surface area contributed by atoms with Crippen molar-refractivity contribution in [3.05, 3.63) is 97.2 Å². The lowest BCUT2D eigenvalue weighted by Gasteiger charge is -2.18. The van der Waals surface area contributed by atoms with E-state index in [1.54, 1.807) is 0 Å². The number of unbranched alkanes of at least 4 members (excludes halogenated alkanes) is 34. The first kappa shape index (κ1) is 75.3. The summed E-state index contributed by atoms with van der Waals surface area (Å²) in [6.07, 6.45) is 89.8. The van der Waals surface area contributed by atoms with Crippen molar-refractivity contribution < 1.29 is 28.6 Å². The van der Waals surface area contributed by atoms with Gasteiger partial charge in [0.25, 0.3) is 0 Å². The molecule has 0 radical (unpaired) electrons. The van der Waals surface area contributed by atoms with Crippen LogP contribution in [0.25, 0.3) is 0 Å². The van der Waals surface area contributed by atoms with Gasteiger partial charge in [0.15, 0.2) is 6.10 Å². The number of carbonyl (C=O) groups is 3. The zero-order valence-corrected chi connectivity index (χ0v) is 52.1. The molecule has 0 heterocycles. The van der Waals surface area contributed by atoms with Gasteiger partial charge in [-0.3, -0.25) is 14.4 Å². The van der Waals surface area contributed by atoms with Gasteiger partial charge in [-0.05, 0) is 122 Å². The van der Waals surface area contributed by atoms with Gasteiger partial charge in [-0.1, -0.05) is 285 Å². The summed E-state index contributed by atoms with van der Waals surface area (Å²) >= 11 is 0. The molecule has 79 heavy (non-hydrogen) atoms. The first-order valence-electron chi connectivity index (χ1n) is 33.7. The molecule has 0 spiro atoms. The van der Waals surface area contributed by atoms with Gasteiger partial charge in [-0.15, -0.1) is 0 Å². The summed E-state index contributed by atoms with van der Waals surface area (Å²) in [4.78, 5) is 38.4. The topological polar surface area (TPSA) is 78.9 Å². The van der Waals surface area contributed by atoms with Gasteiger partial charge >= 0.3 is 17.9 Å². The SMILES string of the molecule is CC/C=C\C/C=C\C/C=C\C/C=C\CCCCCCCCCCCCC(=O)OCC(COC(=O)CCCCCCCCC/C=C\C/C=C\CCCCC)OC(=O)CCCCCCCCCCC/C=C\C/C=C\CCCCCCC. The van der Waals surface area contributed by atoms with Crippen LogP contribution in [-0.4, -0.2) is 37.2 Å². The molecule has 0 N–H and O–H groups in total. The molecule has 0 amide bonds. The Morgan fingerprint density at radius 1 is 0.266 bits per heavy atom. The minimum absolute atomic E-state index is 0.0831. The van der Waals surface area contributed by atoms with Crippen LogP contribution in [0.1, 0.15) is 329 Å². The summed E-state index contributed by atoms with van der Waals surface area (Å²) < 4.78 is 17.0. The molecule has 0 aromatic carbocycles. The summed E-state index contributed by atoms with van der Waals surface area (Å²) in [5.74, 6) is -0.886. The Bertz CT molecular complexity index is 1540. The van der Waals surface area contributed by atoms with Crippen LogP contribution in [0.2, 0.25) is 0 Å². The highest BCUT2D eigenvalue weighted by molar-refractivity contribution is 5.71. The van der Waals surface area contributed by atoms with Gasteiger partial charge in [0.2, 0.25) is 0 Å². The normalized spacial score (nSPS) is 12.7. The van der Waals surface area contributed by atoms with E-state index >= 15 is 0 Å². The van der Waals surface area contributed by atoms with Crippen molar-refractivity contribution in [1.29, 1.82) is 0 Å². The number of carbonyl (C=O) groups excluding carboxylic acids is 3. The number of hydrogen-bond donors (Lipinski definition) is 0. The van der Waals surface area contributed by atoms with Crippen LogP contribution in [0.3, 0.4) is 0 Å². The molecular weight excluding hydrogens is 973 g/mol. The number of hydrogen-bond acceptors (Lipinski definition) is 6. The Balaban J connectivity index is 4.39. The van der Waals surface area contributed by atoms with Gasteiger partial charge in [0.05, 0.1) is 0 Å². The third-order valence-electron chi connectivity index (χ3n) is 14.5. The average molecular weight is 1100 g/mol. The third kappa shape index (κ3) is 65.0. The van der Waals surface area contributed by atoms with Crippen molar-refractivity contribution in [1.82, 2.24) is 0 Å². The van der Waals surface area contributed by atoms with E-state index in [9.17, 15) is 14.4 Å². The van der Waals surface area contributed by atoms with E-state index in [0.717, 1.165) is 103 Å². The van der Waals surface area contributed by atoms with Crippen molar-refractivity contribution in [3.63, 3.8) is 0 Å². The number of ether oxygens (including phenoxy) is 3. The monoisotopic (exact) mass is 1100 g/mol. The molecule has 454 valence electrons. The Hall–Kier alpha value is -3.67. The molecule has 0 fully saturated rings. The molecule has 1 unspecified atom stereocenters. The second kappa shape index (κ2) is 66.8. The van der Waals surface area contributed by atoms with Crippen molar-refractivity contribution in [2.45, 2.75) is 335 Å². The van der Waals surface area contributed by atoms with E-state index in [4.69, 9.17) is 14.2 Å². The maximum Gasteiger partial charge on any atom is 0.306 e. The predicted molar refractivity (Wildman–Crippen MR) is 344 cm³/mol. The Kier molecular flexibility index (Phi) is 63.7. The van der Waals surface area contributed by atoms with Gasteiger partial charge < -0.3 is 14.2 Å². The van der Waals surface area contributed by atoms with Gasteiger partial charge in [-0.2, -0.15) is 0 Å². The van der Waals surface area contributed by atoms with Crippen molar-refractivity contribution in [3.8, 4) is 0 Å². The quantitative estimate of drug-likeness (QED) is 0.0261. The lowest BCUT2D eigenvalue weighted by molar-refractivity contribution is -0.167. The van der Waals surface area contributed by atoms with Gasteiger partial charge in [0.1, 0.15) is 13.2 Å². The summed E-state index contributed by atoms with van der Waals surface area (Å²) in [6.45, 7) is 6.52. The molecule has 0 rings (SSSR count). The van der Waals surface area contributed by atoms with Crippen LogP contribution < -0.4 is 0 Å². The van der Waals surface area contributed by atoms with Crippen molar-refractivity contribution >= 4 is 17.9 Å². The van der Waals surface area contributed by atoms with Crippen molar-refractivity contribution in [2.24, 2.45) is 0 Å². The lowest BCUT2D eigenvalue weighted by Crippen LogP contribution is -2.30. The fourth-order valence-corrected chi connectivity index (χ4v) is 9.50. The minimum Gasteiger partial charge on any atom is -0.462 e. The molecule has 0 saturated carbocycles. The fourth-order valence-electron chi connectivity index (χ4n) is 9.50. The second-order valence-corrected chi connectivity index (χ2v) is 22.3. The van der Waals surface area contributed by atoms with Crippen LogP contribution in [0.4, 0.5) is 0 Å². The zero-order valence-electron chi connectivity index (χ0n) is 52.1. The molecule has 6 heteroatoms. The molecule has 0 aliphatic rings. The molecular formula is C73H126O6. The first-order chi connectivity index (χ1) is 39.0.